The Morgan fingerprint density at radius 1 is 1.21 bits per heavy atom. The second kappa shape index (κ2) is 5.81. The van der Waals surface area contributed by atoms with Crippen molar-refractivity contribution in [3.8, 4) is 0 Å². The highest BCUT2D eigenvalue weighted by Gasteiger charge is 2.10. The Morgan fingerprint density at radius 3 is 2.74 bits per heavy atom. The van der Waals surface area contributed by atoms with E-state index in [4.69, 9.17) is 0 Å². The van der Waals surface area contributed by atoms with Crippen molar-refractivity contribution >= 4 is 15.7 Å². The minimum Gasteiger partial charge on any atom is -0.381 e. The number of sulfonamides is 1. The lowest BCUT2D eigenvalue weighted by atomic mass is 10.2. The highest BCUT2D eigenvalue weighted by molar-refractivity contribution is 7.89. The predicted molar refractivity (Wildman–Crippen MR) is 74.3 cm³/mol. The lowest BCUT2D eigenvalue weighted by molar-refractivity contribution is 0.588. The largest absolute Gasteiger partial charge is 0.381 e. The fourth-order valence-corrected chi connectivity index (χ4v) is 2.37. The highest BCUT2D eigenvalue weighted by Crippen LogP contribution is 2.15. The molecular formula is C13H15N3O2S. The molecule has 0 atom stereocenters. The molecule has 1 aromatic carbocycles. The smallest absolute Gasteiger partial charge is 0.240 e. The van der Waals surface area contributed by atoms with Crippen LogP contribution >= 0.6 is 0 Å². The zero-order chi connectivity index (χ0) is 13.7. The second-order valence-corrected chi connectivity index (χ2v) is 5.84. The Labute approximate surface area is 112 Å². The number of benzene rings is 1. The number of anilines is 1. The standard InChI is InChI=1S/C13H15N3O2S/c1-14-19(17,18)13-6-2-5-12(8-13)16-10-11-4-3-7-15-9-11/h2-9,14,16H,10H2,1H3. The van der Waals surface area contributed by atoms with Gasteiger partial charge in [-0.2, -0.15) is 0 Å². The van der Waals surface area contributed by atoms with Gasteiger partial charge in [-0.3, -0.25) is 4.98 Å². The predicted octanol–water partition coefficient (Wildman–Crippen LogP) is 1.60. The summed E-state index contributed by atoms with van der Waals surface area (Å²) in [6, 6.07) is 10.5. The zero-order valence-electron chi connectivity index (χ0n) is 10.5. The third-order valence-electron chi connectivity index (χ3n) is 2.63. The molecule has 1 aromatic heterocycles. The molecule has 0 aliphatic heterocycles. The molecule has 0 amide bonds. The average Bonchev–Trinajstić information content (AvgIpc) is 2.46. The summed E-state index contributed by atoms with van der Waals surface area (Å²) >= 11 is 0. The van der Waals surface area contributed by atoms with Crippen LogP contribution in [-0.2, 0) is 16.6 Å². The number of aromatic nitrogens is 1. The molecule has 0 unspecified atom stereocenters. The molecule has 2 N–H and O–H groups in total. The van der Waals surface area contributed by atoms with E-state index in [2.05, 4.69) is 15.0 Å². The summed E-state index contributed by atoms with van der Waals surface area (Å²) in [7, 11) is -2.01. The summed E-state index contributed by atoms with van der Waals surface area (Å²) in [5.74, 6) is 0. The van der Waals surface area contributed by atoms with Gasteiger partial charge in [-0.05, 0) is 36.9 Å². The first-order valence-electron chi connectivity index (χ1n) is 5.78. The van der Waals surface area contributed by atoms with Gasteiger partial charge in [0, 0.05) is 24.6 Å². The molecule has 2 aromatic rings. The van der Waals surface area contributed by atoms with E-state index in [9.17, 15) is 8.42 Å². The van der Waals surface area contributed by atoms with E-state index in [1.807, 2.05) is 18.2 Å². The van der Waals surface area contributed by atoms with Gasteiger partial charge in [-0.15, -0.1) is 0 Å². The molecule has 0 fully saturated rings. The van der Waals surface area contributed by atoms with Gasteiger partial charge >= 0.3 is 0 Å². The molecule has 0 aliphatic carbocycles. The maximum absolute atomic E-state index is 11.7. The molecule has 0 saturated carbocycles. The van der Waals surface area contributed by atoms with Gasteiger partial charge < -0.3 is 5.32 Å². The molecule has 100 valence electrons. The van der Waals surface area contributed by atoms with E-state index in [1.54, 1.807) is 30.6 Å². The minimum absolute atomic E-state index is 0.242. The summed E-state index contributed by atoms with van der Waals surface area (Å²) in [5.41, 5.74) is 1.78. The van der Waals surface area contributed by atoms with Crippen molar-refractivity contribution in [2.45, 2.75) is 11.4 Å². The third kappa shape index (κ3) is 3.52. The lowest BCUT2D eigenvalue weighted by Gasteiger charge is -2.08. The van der Waals surface area contributed by atoms with Crippen LogP contribution in [0.2, 0.25) is 0 Å². The van der Waals surface area contributed by atoms with Gasteiger partial charge in [0.15, 0.2) is 0 Å². The molecule has 0 bridgehead atoms. The lowest BCUT2D eigenvalue weighted by Crippen LogP contribution is -2.18. The average molecular weight is 277 g/mol. The third-order valence-corrected chi connectivity index (χ3v) is 4.04. The Morgan fingerprint density at radius 2 is 2.05 bits per heavy atom. The molecule has 0 saturated heterocycles. The van der Waals surface area contributed by atoms with E-state index >= 15 is 0 Å². The quantitative estimate of drug-likeness (QED) is 0.871. The first-order chi connectivity index (χ1) is 9.12. The van der Waals surface area contributed by atoms with Crippen molar-refractivity contribution in [2.24, 2.45) is 0 Å². The molecular weight excluding hydrogens is 262 g/mol. The first kappa shape index (κ1) is 13.5. The van der Waals surface area contributed by atoms with Gasteiger partial charge in [0.1, 0.15) is 0 Å². The normalized spacial score (nSPS) is 11.2. The van der Waals surface area contributed by atoms with Gasteiger partial charge in [-0.25, -0.2) is 13.1 Å². The molecule has 0 spiro atoms. The van der Waals surface area contributed by atoms with Crippen LogP contribution in [0.15, 0.2) is 53.7 Å². The molecule has 0 radical (unpaired) electrons. The van der Waals surface area contributed by atoms with E-state index in [0.717, 1.165) is 11.3 Å². The van der Waals surface area contributed by atoms with Crippen molar-refractivity contribution in [3.05, 3.63) is 54.4 Å². The van der Waals surface area contributed by atoms with Crippen LogP contribution in [0.4, 0.5) is 5.69 Å². The topological polar surface area (TPSA) is 71.1 Å². The van der Waals surface area contributed by atoms with E-state index < -0.39 is 10.0 Å². The first-order valence-corrected chi connectivity index (χ1v) is 7.26. The molecule has 5 nitrogen and oxygen atoms in total. The van der Waals surface area contributed by atoms with Gasteiger partial charge in [0.2, 0.25) is 10.0 Å². The summed E-state index contributed by atoms with van der Waals surface area (Å²) in [6.45, 7) is 0.594. The van der Waals surface area contributed by atoms with Crippen LogP contribution in [0.25, 0.3) is 0 Å². The SMILES string of the molecule is CNS(=O)(=O)c1cccc(NCc2cccnc2)c1. The van der Waals surface area contributed by atoms with Crippen molar-refractivity contribution in [3.63, 3.8) is 0 Å². The summed E-state index contributed by atoms with van der Waals surface area (Å²) in [5, 5.41) is 3.17. The van der Waals surface area contributed by atoms with Crippen molar-refractivity contribution < 1.29 is 8.42 Å². The fraction of sp³-hybridized carbons (Fsp3) is 0.154. The fourth-order valence-electron chi connectivity index (χ4n) is 1.60. The van der Waals surface area contributed by atoms with E-state index in [1.165, 1.54) is 7.05 Å². The number of hydrogen-bond donors (Lipinski definition) is 2. The Bertz CT molecular complexity index is 642. The van der Waals surface area contributed by atoms with Crippen LogP contribution in [0.1, 0.15) is 5.56 Å². The summed E-state index contributed by atoms with van der Waals surface area (Å²) in [6.07, 6.45) is 3.48. The molecule has 6 heteroatoms. The van der Waals surface area contributed by atoms with Gasteiger partial charge in [-0.1, -0.05) is 12.1 Å². The zero-order valence-corrected chi connectivity index (χ0v) is 11.3. The maximum atomic E-state index is 11.7. The number of hydrogen-bond acceptors (Lipinski definition) is 4. The van der Waals surface area contributed by atoms with Crippen molar-refractivity contribution in [2.75, 3.05) is 12.4 Å². The molecule has 2 rings (SSSR count). The minimum atomic E-state index is -3.41. The van der Waals surface area contributed by atoms with Gasteiger partial charge in [0.05, 0.1) is 4.90 Å². The van der Waals surface area contributed by atoms with Crippen LogP contribution in [-0.4, -0.2) is 20.4 Å². The Hall–Kier alpha value is -1.92. The van der Waals surface area contributed by atoms with Crippen LogP contribution in [0.3, 0.4) is 0 Å². The van der Waals surface area contributed by atoms with Crippen LogP contribution in [0, 0.1) is 0 Å². The number of rotatable bonds is 5. The molecule has 19 heavy (non-hydrogen) atoms. The van der Waals surface area contributed by atoms with E-state index in [-0.39, 0.29) is 4.90 Å². The van der Waals surface area contributed by atoms with Crippen molar-refractivity contribution in [1.29, 1.82) is 0 Å². The molecule has 0 aliphatic rings. The van der Waals surface area contributed by atoms with Crippen molar-refractivity contribution in [1.82, 2.24) is 9.71 Å². The van der Waals surface area contributed by atoms with Gasteiger partial charge in [0.25, 0.3) is 0 Å². The Kier molecular flexibility index (Phi) is 4.13. The van der Waals surface area contributed by atoms with Crippen LogP contribution in [0.5, 0.6) is 0 Å². The number of pyridine rings is 1. The summed E-state index contributed by atoms with van der Waals surface area (Å²) in [4.78, 5) is 4.26. The van der Waals surface area contributed by atoms with E-state index in [0.29, 0.717) is 6.54 Å². The molecule has 1 heterocycles. The monoisotopic (exact) mass is 277 g/mol. The number of nitrogens with zero attached hydrogens (tertiary/aromatic N) is 1. The maximum Gasteiger partial charge on any atom is 0.240 e. The highest BCUT2D eigenvalue weighted by atomic mass is 32.2. The Balaban J connectivity index is 2.12. The number of nitrogens with one attached hydrogen (secondary N) is 2. The van der Waals surface area contributed by atoms with Crippen LogP contribution < -0.4 is 10.0 Å². The second-order valence-electron chi connectivity index (χ2n) is 3.95. The summed E-state index contributed by atoms with van der Waals surface area (Å²) < 4.78 is 25.7.